The molecular formula is C20H33IN4O2. The van der Waals surface area contributed by atoms with Crippen molar-refractivity contribution in [2.75, 3.05) is 40.8 Å². The fourth-order valence-corrected chi connectivity index (χ4v) is 3.39. The number of carbonyl (C=O) groups is 1. The van der Waals surface area contributed by atoms with Gasteiger partial charge in [0.15, 0.2) is 5.96 Å². The molecule has 0 bridgehead atoms. The molecular weight excluding hydrogens is 455 g/mol. The van der Waals surface area contributed by atoms with Crippen molar-refractivity contribution in [2.45, 2.75) is 26.9 Å². The summed E-state index contributed by atoms with van der Waals surface area (Å²) in [5.74, 6) is 0.898. The number of hydrogen-bond acceptors (Lipinski definition) is 4. The number of likely N-dealkylation sites (tertiary alicyclic amines) is 1. The fourth-order valence-electron chi connectivity index (χ4n) is 3.39. The molecule has 6 nitrogen and oxygen atoms in total. The Morgan fingerprint density at radius 3 is 2.56 bits per heavy atom. The van der Waals surface area contributed by atoms with E-state index < -0.39 is 0 Å². The number of esters is 1. The van der Waals surface area contributed by atoms with Crippen molar-refractivity contribution in [1.29, 1.82) is 0 Å². The zero-order chi connectivity index (χ0) is 19.1. The number of hydrogen-bond donors (Lipinski definition) is 1. The fraction of sp³-hybridized carbons (Fsp3) is 0.600. The van der Waals surface area contributed by atoms with Crippen LogP contribution in [-0.4, -0.2) is 62.6 Å². The van der Waals surface area contributed by atoms with Crippen LogP contribution in [0, 0.1) is 11.8 Å². The monoisotopic (exact) mass is 488 g/mol. The molecule has 1 heterocycles. The van der Waals surface area contributed by atoms with E-state index in [0.29, 0.717) is 13.1 Å². The first kappa shape index (κ1) is 23.7. The number of nitrogens with one attached hydrogen (secondary N) is 1. The molecule has 1 aromatic carbocycles. The summed E-state index contributed by atoms with van der Waals surface area (Å²) in [6.45, 7) is 7.94. The van der Waals surface area contributed by atoms with Crippen LogP contribution in [0.15, 0.2) is 29.3 Å². The summed E-state index contributed by atoms with van der Waals surface area (Å²) in [7, 11) is 5.60. The van der Waals surface area contributed by atoms with E-state index in [2.05, 4.69) is 67.3 Å². The van der Waals surface area contributed by atoms with Crippen LogP contribution in [0.2, 0.25) is 0 Å². The molecule has 2 rings (SSSR count). The molecule has 2 atom stereocenters. The van der Waals surface area contributed by atoms with E-state index in [1.807, 2.05) is 0 Å². The first-order valence-corrected chi connectivity index (χ1v) is 9.28. The summed E-state index contributed by atoms with van der Waals surface area (Å²) >= 11 is 0. The number of nitrogens with zero attached hydrogens (tertiary/aromatic N) is 3. The van der Waals surface area contributed by atoms with Gasteiger partial charge in [-0.15, -0.1) is 24.0 Å². The Morgan fingerprint density at radius 2 is 1.96 bits per heavy atom. The van der Waals surface area contributed by atoms with E-state index in [0.717, 1.165) is 25.6 Å². The lowest BCUT2D eigenvalue weighted by Crippen LogP contribution is -2.40. The van der Waals surface area contributed by atoms with Crippen LogP contribution in [0.1, 0.15) is 25.0 Å². The highest BCUT2D eigenvalue weighted by molar-refractivity contribution is 14.0. The summed E-state index contributed by atoms with van der Waals surface area (Å²) in [6, 6.07) is 8.42. The minimum atomic E-state index is -0.132. The van der Waals surface area contributed by atoms with Crippen molar-refractivity contribution in [3.05, 3.63) is 35.4 Å². The molecule has 0 radical (unpaired) electrons. The van der Waals surface area contributed by atoms with Gasteiger partial charge in [-0.1, -0.05) is 31.2 Å². The topological polar surface area (TPSA) is 57.2 Å². The zero-order valence-electron chi connectivity index (χ0n) is 17.1. The number of halogens is 1. The molecule has 1 aliphatic rings. The lowest BCUT2D eigenvalue weighted by atomic mass is 9.99. The minimum Gasteiger partial charge on any atom is -0.469 e. The summed E-state index contributed by atoms with van der Waals surface area (Å²) in [5, 5.41) is 3.37. The Balaban J connectivity index is 0.00000364. The minimum absolute atomic E-state index is 0. The first-order chi connectivity index (χ1) is 12.5. The van der Waals surface area contributed by atoms with E-state index in [1.165, 1.54) is 18.2 Å². The molecule has 0 saturated carbocycles. The lowest BCUT2D eigenvalue weighted by Gasteiger charge is -2.22. The number of carbonyl (C=O) groups excluding carboxylic acids is 1. The van der Waals surface area contributed by atoms with E-state index in [1.54, 1.807) is 0 Å². The normalized spacial score (nSPS) is 19.8. The molecule has 1 aromatic rings. The first-order valence-electron chi connectivity index (χ1n) is 9.28. The average molecular weight is 488 g/mol. The second-order valence-corrected chi connectivity index (χ2v) is 7.19. The standard InChI is InChI=1S/C20H32N4O2.HI/c1-6-21-20(24-12-15(2)18(14-24)19(25)26-5)22-11-16-9-7-8-10-17(16)13-23(3)4;/h7-10,15,18H,6,11-14H2,1-5H3,(H,21,22);1H. The Labute approximate surface area is 180 Å². The van der Waals surface area contributed by atoms with E-state index in [-0.39, 0.29) is 41.8 Å². The maximum atomic E-state index is 12.0. The van der Waals surface area contributed by atoms with Crippen molar-refractivity contribution >= 4 is 35.9 Å². The molecule has 2 unspecified atom stereocenters. The van der Waals surface area contributed by atoms with Crippen LogP contribution in [0.4, 0.5) is 0 Å². The Hall–Kier alpha value is -1.35. The van der Waals surface area contributed by atoms with Gasteiger partial charge in [-0.05, 0) is 38.1 Å². The Morgan fingerprint density at radius 1 is 1.30 bits per heavy atom. The van der Waals surface area contributed by atoms with Crippen LogP contribution >= 0.6 is 24.0 Å². The summed E-state index contributed by atoms with van der Waals surface area (Å²) < 4.78 is 4.94. The van der Waals surface area contributed by atoms with Gasteiger partial charge < -0.3 is 19.9 Å². The second kappa shape index (κ2) is 11.5. The van der Waals surface area contributed by atoms with Crippen LogP contribution in [-0.2, 0) is 22.6 Å². The van der Waals surface area contributed by atoms with Gasteiger partial charge in [0.25, 0.3) is 0 Å². The van der Waals surface area contributed by atoms with Crippen molar-refractivity contribution in [3.63, 3.8) is 0 Å². The quantitative estimate of drug-likeness (QED) is 0.289. The largest absolute Gasteiger partial charge is 0.469 e. The molecule has 0 aromatic heterocycles. The van der Waals surface area contributed by atoms with Crippen LogP contribution in [0.25, 0.3) is 0 Å². The maximum Gasteiger partial charge on any atom is 0.310 e. The molecule has 27 heavy (non-hydrogen) atoms. The van der Waals surface area contributed by atoms with E-state index in [4.69, 9.17) is 9.73 Å². The highest BCUT2D eigenvalue weighted by atomic mass is 127. The van der Waals surface area contributed by atoms with Crippen molar-refractivity contribution in [2.24, 2.45) is 16.8 Å². The summed E-state index contributed by atoms with van der Waals surface area (Å²) in [6.07, 6.45) is 0. The molecule has 152 valence electrons. The third-order valence-electron chi connectivity index (χ3n) is 4.75. The zero-order valence-corrected chi connectivity index (χ0v) is 19.4. The molecule has 0 aliphatic carbocycles. The van der Waals surface area contributed by atoms with Gasteiger partial charge in [0.1, 0.15) is 0 Å². The van der Waals surface area contributed by atoms with Crippen molar-refractivity contribution in [1.82, 2.24) is 15.1 Å². The maximum absolute atomic E-state index is 12.0. The third kappa shape index (κ3) is 6.64. The van der Waals surface area contributed by atoms with Crippen LogP contribution < -0.4 is 5.32 Å². The number of aliphatic imine (C=N–C) groups is 1. The van der Waals surface area contributed by atoms with Gasteiger partial charge in [0.05, 0.1) is 19.6 Å². The summed E-state index contributed by atoms with van der Waals surface area (Å²) in [5.41, 5.74) is 2.52. The third-order valence-corrected chi connectivity index (χ3v) is 4.75. The van der Waals surface area contributed by atoms with Crippen molar-refractivity contribution < 1.29 is 9.53 Å². The average Bonchev–Trinajstić information content (AvgIpc) is 3.00. The number of rotatable bonds is 6. The van der Waals surface area contributed by atoms with Crippen molar-refractivity contribution in [3.8, 4) is 0 Å². The van der Waals surface area contributed by atoms with Gasteiger partial charge in [0.2, 0.25) is 0 Å². The molecule has 0 amide bonds. The van der Waals surface area contributed by atoms with Crippen LogP contribution in [0.3, 0.4) is 0 Å². The van der Waals surface area contributed by atoms with Gasteiger partial charge >= 0.3 is 5.97 Å². The SMILES string of the molecule is CCNC(=NCc1ccccc1CN(C)C)N1CC(C)C(C(=O)OC)C1.I. The smallest absolute Gasteiger partial charge is 0.310 e. The number of ether oxygens (including phenoxy) is 1. The van der Waals surface area contributed by atoms with Gasteiger partial charge in [0, 0.05) is 26.2 Å². The second-order valence-electron chi connectivity index (χ2n) is 7.19. The number of benzene rings is 1. The molecule has 7 heteroatoms. The lowest BCUT2D eigenvalue weighted by molar-refractivity contribution is -0.145. The highest BCUT2D eigenvalue weighted by Gasteiger charge is 2.36. The van der Waals surface area contributed by atoms with Gasteiger partial charge in [-0.3, -0.25) is 4.79 Å². The Kier molecular flexibility index (Phi) is 10.1. The molecule has 1 fully saturated rings. The van der Waals surface area contributed by atoms with Gasteiger partial charge in [-0.25, -0.2) is 4.99 Å². The molecule has 1 N–H and O–H groups in total. The predicted molar refractivity (Wildman–Crippen MR) is 120 cm³/mol. The Bertz CT molecular complexity index is 636. The van der Waals surface area contributed by atoms with E-state index in [9.17, 15) is 4.79 Å². The highest BCUT2D eigenvalue weighted by Crippen LogP contribution is 2.24. The molecule has 0 spiro atoms. The van der Waals surface area contributed by atoms with Crippen LogP contribution in [0.5, 0.6) is 0 Å². The summed E-state index contributed by atoms with van der Waals surface area (Å²) in [4.78, 5) is 21.1. The molecule has 1 aliphatic heterocycles. The van der Waals surface area contributed by atoms with E-state index >= 15 is 0 Å². The predicted octanol–water partition coefficient (Wildman–Crippen LogP) is 2.57. The molecule has 1 saturated heterocycles. The van der Waals surface area contributed by atoms with Gasteiger partial charge in [-0.2, -0.15) is 0 Å². The number of methoxy groups -OCH3 is 1. The number of guanidine groups is 1.